The highest BCUT2D eigenvalue weighted by Gasteiger charge is 2.30. The Bertz CT molecular complexity index is 1440. The molecule has 0 radical (unpaired) electrons. The number of fused-ring (bicyclic) bond motifs is 1. The number of amides is 1. The number of hydrogen-bond acceptors (Lipinski definition) is 5. The molecule has 8 heteroatoms. The Balaban J connectivity index is 1.14. The number of carbonyl (C=O) groups excluding carboxylic acids is 1. The zero-order valence-corrected chi connectivity index (χ0v) is 22.8. The number of rotatable bonds is 8. The van der Waals surface area contributed by atoms with Crippen LogP contribution in [0.4, 0.5) is 0 Å². The van der Waals surface area contributed by atoms with E-state index in [9.17, 15) is 4.79 Å². The molecule has 0 aliphatic carbocycles. The highest BCUT2D eigenvalue weighted by molar-refractivity contribution is 6.31. The van der Waals surface area contributed by atoms with E-state index in [1.165, 1.54) is 0 Å². The third-order valence-corrected chi connectivity index (χ3v) is 8.21. The fraction of sp³-hybridized carbons (Fsp3) is 0.355. The average Bonchev–Trinajstić information content (AvgIpc) is 3.36. The standard InChI is InChI=1S/C31H33ClN4O3/c1-2-28(25-5-3-4-6-27(25)32)33-31(37)21-9-12-29-26(17-21)30(35-34-29)20-7-10-23(11-8-20)39-24-13-15-36(16-14-24)22-18-38-19-22/h3-12,17,22,24,28H,2,13-16,18-19H2,1H3,(H,33,37)(H,34,35). The molecule has 4 aromatic rings. The van der Waals surface area contributed by atoms with Crippen molar-refractivity contribution in [3.63, 3.8) is 0 Å². The van der Waals surface area contributed by atoms with Gasteiger partial charge in [0.2, 0.25) is 0 Å². The van der Waals surface area contributed by atoms with Gasteiger partial charge in [0.15, 0.2) is 0 Å². The molecular formula is C31H33ClN4O3. The van der Waals surface area contributed by atoms with Crippen molar-refractivity contribution in [2.75, 3.05) is 26.3 Å². The first kappa shape index (κ1) is 25.9. The molecule has 2 saturated heterocycles. The van der Waals surface area contributed by atoms with Crippen molar-refractivity contribution in [1.29, 1.82) is 0 Å². The van der Waals surface area contributed by atoms with Crippen molar-refractivity contribution in [1.82, 2.24) is 20.4 Å². The number of benzene rings is 3. The van der Waals surface area contributed by atoms with Crippen molar-refractivity contribution in [3.8, 4) is 17.0 Å². The van der Waals surface area contributed by atoms with Crippen LogP contribution >= 0.6 is 11.6 Å². The Labute approximate surface area is 233 Å². The summed E-state index contributed by atoms with van der Waals surface area (Å²) in [4.78, 5) is 15.7. The Morgan fingerprint density at radius 1 is 1.13 bits per heavy atom. The monoisotopic (exact) mass is 544 g/mol. The fourth-order valence-electron chi connectivity index (χ4n) is 5.45. The summed E-state index contributed by atoms with van der Waals surface area (Å²) in [5.41, 5.74) is 4.15. The van der Waals surface area contributed by atoms with Gasteiger partial charge < -0.3 is 14.8 Å². The van der Waals surface area contributed by atoms with Crippen LogP contribution in [0, 0.1) is 0 Å². The summed E-state index contributed by atoms with van der Waals surface area (Å²) in [6.07, 6.45) is 3.03. The lowest BCUT2D eigenvalue weighted by Gasteiger charge is -2.41. The minimum Gasteiger partial charge on any atom is -0.490 e. The van der Waals surface area contributed by atoms with Crippen molar-refractivity contribution in [2.24, 2.45) is 0 Å². The fourth-order valence-corrected chi connectivity index (χ4v) is 5.72. The van der Waals surface area contributed by atoms with E-state index >= 15 is 0 Å². The predicted octanol–water partition coefficient (Wildman–Crippen LogP) is 6.01. The number of halogens is 1. The zero-order chi connectivity index (χ0) is 26.8. The number of aromatic nitrogens is 2. The average molecular weight is 545 g/mol. The largest absolute Gasteiger partial charge is 0.490 e. The van der Waals surface area contributed by atoms with Gasteiger partial charge in [-0.25, -0.2) is 0 Å². The SMILES string of the molecule is CCC(NC(=O)c1ccc2[nH]nc(-c3ccc(OC4CCN(C5COC5)CC4)cc3)c2c1)c1ccccc1Cl. The maximum Gasteiger partial charge on any atom is 0.251 e. The lowest BCUT2D eigenvalue weighted by atomic mass is 10.0. The third-order valence-electron chi connectivity index (χ3n) is 7.86. The quantitative estimate of drug-likeness (QED) is 0.284. The minimum atomic E-state index is -0.169. The highest BCUT2D eigenvalue weighted by atomic mass is 35.5. The molecule has 0 saturated carbocycles. The van der Waals surface area contributed by atoms with Crippen LogP contribution in [-0.4, -0.2) is 59.5 Å². The molecule has 1 atom stereocenters. The Hall–Kier alpha value is -3.39. The number of carbonyl (C=O) groups is 1. The Morgan fingerprint density at radius 2 is 1.90 bits per heavy atom. The summed E-state index contributed by atoms with van der Waals surface area (Å²) in [5, 5.41) is 12.3. The number of hydrogen-bond donors (Lipinski definition) is 2. The van der Waals surface area contributed by atoms with Gasteiger partial charge in [0, 0.05) is 34.6 Å². The molecule has 3 aromatic carbocycles. The Morgan fingerprint density at radius 3 is 2.59 bits per heavy atom. The molecule has 2 fully saturated rings. The molecule has 0 bridgehead atoms. The van der Waals surface area contributed by atoms with E-state index in [-0.39, 0.29) is 18.1 Å². The topological polar surface area (TPSA) is 79.5 Å². The summed E-state index contributed by atoms with van der Waals surface area (Å²) in [7, 11) is 0. The second-order valence-electron chi connectivity index (χ2n) is 10.4. The van der Waals surface area contributed by atoms with Crippen LogP contribution < -0.4 is 10.1 Å². The molecule has 2 aliphatic rings. The van der Waals surface area contributed by atoms with Gasteiger partial charge in [-0.1, -0.05) is 36.7 Å². The van der Waals surface area contributed by atoms with Crippen molar-refractivity contribution in [2.45, 2.75) is 44.4 Å². The summed E-state index contributed by atoms with van der Waals surface area (Å²) in [5.74, 6) is 0.727. The van der Waals surface area contributed by atoms with Crippen LogP contribution in [-0.2, 0) is 4.74 Å². The zero-order valence-electron chi connectivity index (χ0n) is 22.0. The molecule has 202 valence electrons. The maximum absolute atomic E-state index is 13.2. The summed E-state index contributed by atoms with van der Waals surface area (Å²) >= 11 is 6.39. The molecule has 7 nitrogen and oxygen atoms in total. The predicted molar refractivity (Wildman–Crippen MR) is 153 cm³/mol. The maximum atomic E-state index is 13.2. The smallest absolute Gasteiger partial charge is 0.251 e. The van der Waals surface area contributed by atoms with Crippen LogP contribution in [0.1, 0.15) is 48.1 Å². The molecule has 1 aromatic heterocycles. The molecule has 0 spiro atoms. The second kappa shape index (κ2) is 11.4. The lowest BCUT2D eigenvalue weighted by molar-refractivity contribution is -0.0778. The van der Waals surface area contributed by atoms with Crippen LogP contribution in [0.2, 0.25) is 5.02 Å². The minimum absolute atomic E-state index is 0.143. The number of aromatic amines is 1. The van der Waals surface area contributed by atoms with Crippen LogP contribution in [0.25, 0.3) is 22.2 Å². The van der Waals surface area contributed by atoms with E-state index in [1.54, 1.807) is 0 Å². The highest BCUT2D eigenvalue weighted by Crippen LogP contribution is 2.30. The van der Waals surface area contributed by atoms with E-state index in [0.29, 0.717) is 16.6 Å². The van der Waals surface area contributed by atoms with E-state index in [1.807, 2.05) is 73.7 Å². The van der Waals surface area contributed by atoms with E-state index in [0.717, 1.165) is 79.0 Å². The van der Waals surface area contributed by atoms with Gasteiger partial charge in [-0.3, -0.25) is 14.8 Å². The molecule has 2 aliphatic heterocycles. The van der Waals surface area contributed by atoms with E-state index in [4.69, 9.17) is 21.1 Å². The third kappa shape index (κ3) is 5.53. The number of H-pyrrole nitrogens is 1. The number of piperidine rings is 1. The van der Waals surface area contributed by atoms with Crippen LogP contribution in [0.15, 0.2) is 66.7 Å². The normalized spacial score (nSPS) is 17.6. The first-order valence-corrected chi connectivity index (χ1v) is 14.1. The van der Waals surface area contributed by atoms with Crippen LogP contribution in [0.5, 0.6) is 5.75 Å². The van der Waals surface area contributed by atoms with Gasteiger partial charge in [-0.15, -0.1) is 0 Å². The molecule has 1 amide bonds. The van der Waals surface area contributed by atoms with Crippen LogP contribution in [0.3, 0.4) is 0 Å². The van der Waals surface area contributed by atoms with Crippen molar-refractivity contribution in [3.05, 3.63) is 82.9 Å². The Kier molecular flexibility index (Phi) is 7.55. The van der Waals surface area contributed by atoms with E-state index < -0.39 is 0 Å². The van der Waals surface area contributed by atoms with Gasteiger partial charge in [0.05, 0.1) is 36.5 Å². The van der Waals surface area contributed by atoms with Gasteiger partial charge in [0.1, 0.15) is 11.9 Å². The van der Waals surface area contributed by atoms with Gasteiger partial charge in [-0.05, 0) is 73.4 Å². The number of nitrogens with one attached hydrogen (secondary N) is 2. The van der Waals surface area contributed by atoms with Crippen molar-refractivity contribution < 1.29 is 14.3 Å². The summed E-state index contributed by atoms with van der Waals surface area (Å²) in [6.45, 7) is 5.88. The van der Waals surface area contributed by atoms with Gasteiger partial charge in [-0.2, -0.15) is 5.10 Å². The molecule has 1 unspecified atom stereocenters. The van der Waals surface area contributed by atoms with Crippen molar-refractivity contribution >= 4 is 28.4 Å². The first-order valence-electron chi connectivity index (χ1n) is 13.7. The number of nitrogens with zero attached hydrogens (tertiary/aromatic N) is 2. The summed E-state index contributed by atoms with van der Waals surface area (Å²) in [6, 6.07) is 21.7. The van der Waals surface area contributed by atoms with E-state index in [2.05, 4.69) is 20.4 Å². The second-order valence-corrected chi connectivity index (χ2v) is 10.8. The first-order chi connectivity index (χ1) is 19.1. The lowest BCUT2D eigenvalue weighted by Crippen LogP contribution is -2.52. The summed E-state index contributed by atoms with van der Waals surface area (Å²) < 4.78 is 11.6. The molecular weight excluding hydrogens is 512 g/mol. The van der Waals surface area contributed by atoms with Gasteiger partial charge >= 0.3 is 0 Å². The van der Waals surface area contributed by atoms with Gasteiger partial charge in [0.25, 0.3) is 5.91 Å². The number of likely N-dealkylation sites (tertiary alicyclic amines) is 1. The molecule has 2 N–H and O–H groups in total. The molecule has 39 heavy (non-hydrogen) atoms. The molecule has 6 rings (SSSR count). The molecule has 3 heterocycles. The number of ether oxygens (including phenoxy) is 2.